The van der Waals surface area contributed by atoms with Crippen molar-refractivity contribution in [1.82, 2.24) is 9.80 Å². The molecule has 0 bridgehead atoms. The van der Waals surface area contributed by atoms with Crippen molar-refractivity contribution in [2.24, 2.45) is 0 Å². The maximum absolute atomic E-state index is 10.6. The van der Waals surface area contributed by atoms with Gasteiger partial charge < -0.3 is 5.11 Å². The first kappa shape index (κ1) is 12.2. The molecule has 16 heavy (non-hydrogen) atoms. The molecule has 4 nitrogen and oxygen atoms in total. The van der Waals surface area contributed by atoms with Crippen LogP contribution in [0.3, 0.4) is 0 Å². The normalized spacial score (nSPS) is 33.1. The van der Waals surface area contributed by atoms with Gasteiger partial charge in [0.05, 0.1) is 6.54 Å². The Morgan fingerprint density at radius 2 is 2.06 bits per heavy atom. The van der Waals surface area contributed by atoms with Crippen LogP contribution in [0.4, 0.5) is 0 Å². The predicted octanol–water partition coefficient (Wildman–Crippen LogP) is 0.583. The van der Waals surface area contributed by atoms with Crippen molar-refractivity contribution in [1.29, 1.82) is 0 Å². The van der Waals surface area contributed by atoms with E-state index in [1.165, 1.54) is 12.2 Å². The fourth-order valence-corrected chi connectivity index (χ4v) is 3.92. The topological polar surface area (TPSA) is 43.8 Å². The number of piperazine rings is 1. The third kappa shape index (κ3) is 2.90. The van der Waals surface area contributed by atoms with E-state index in [1.54, 1.807) is 0 Å². The first-order valence-corrected chi connectivity index (χ1v) is 7.01. The molecule has 2 aliphatic heterocycles. The SMILES string of the molecule is CC1SCCC1N1CCN(CC(=O)O)CC1. The Bertz CT molecular complexity index is 254. The molecule has 0 amide bonds. The maximum Gasteiger partial charge on any atom is 0.317 e. The summed E-state index contributed by atoms with van der Waals surface area (Å²) in [6.07, 6.45) is 1.30. The monoisotopic (exact) mass is 244 g/mol. The quantitative estimate of drug-likeness (QED) is 0.787. The number of thioether (sulfide) groups is 1. The number of rotatable bonds is 3. The molecule has 2 atom stereocenters. The van der Waals surface area contributed by atoms with Gasteiger partial charge in [0.25, 0.3) is 0 Å². The van der Waals surface area contributed by atoms with E-state index in [9.17, 15) is 4.79 Å². The fraction of sp³-hybridized carbons (Fsp3) is 0.909. The number of nitrogens with zero attached hydrogens (tertiary/aromatic N) is 2. The van der Waals surface area contributed by atoms with E-state index in [-0.39, 0.29) is 6.54 Å². The van der Waals surface area contributed by atoms with Crippen LogP contribution in [0.15, 0.2) is 0 Å². The van der Waals surface area contributed by atoms with Crippen molar-refractivity contribution in [3.8, 4) is 0 Å². The van der Waals surface area contributed by atoms with Crippen LogP contribution in [0, 0.1) is 0 Å². The Labute approximate surface area is 101 Å². The second kappa shape index (κ2) is 5.38. The van der Waals surface area contributed by atoms with Crippen molar-refractivity contribution >= 4 is 17.7 Å². The number of hydrogen-bond acceptors (Lipinski definition) is 4. The average Bonchev–Trinajstić information content (AvgIpc) is 2.65. The van der Waals surface area contributed by atoms with Crippen molar-refractivity contribution in [3.05, 3.63) is 0 Å². The van der Waals surface area contributed by atoms with Crippen LogP contribution >= 0.6 is 11.8 Å². The zero-order valence-electron chi connectivity index (χ0n) is 9.76. The standard InChI is InChI=1S/C11H20N2O2S/c1-9-10(2-7-16-9)13-5-3-12(4-6-13)8-11(14)15/h9-10H,2-8H2,1H3,(H,14,15). The molecular weight excluding hydrogens is 224 g/mol. The van der Waals surface area contributed by atoms with E-state index in [4.69, 9.17) is 5.11 Å². The summed E-state index contributed by atoms with van der Waals surface area (Å²) in [5.41, 5.74) is 0. The molecule has 0 aromatic heterocycles. The molecule has 0 aliphatic carbocycles. The van der Waals surface area contributed by atoms with Gasteiger partial charge in [-0.3, -0.25) is 14.6 Å². The van der Waals surface area contributed by atoms with Crippen LogP contribution in [-0.2, 0) is 4.79 Å². The molecule has 1 N–H and O–H groups in total. The van der Waals surface area contributed by atoms with Crippen molar-refractivity contribution in [2.75, 3.05) is 38.5 Å². The highest BCUT2D eigenvalue weighted by molar-refractivity contribution is 8.00. The average molecular weight is 244 g/mol. The molecule has 2 aliphatic rings. The van der Waals surface area contributed by atoms with Gasteiger partial charge in [-0.2, -0.15) is 11.8 Å². The van der Waals surface area contributed by atoms with E-state index < -0.39 is 5.97 Å². The van der Waals surface area contributed by atoms with Gasteiger partial charge in [0.15, 0.2) is 0 Å². The van der Waals surface area contributed by atoms with Gasteiger partial charge in [-0.05, 0) is 12.2 Å². The van der Waals surface area contributed by atoms with E-state index in [0.717, 1.165) is 37.5 Å². The van der Waals surface area contributed by atoms with Gasteiger partial charge in [0.1, 0.15) is 0 Å². The largest absolute Gasteiger partial charge is 0.480 e. The number of carboxylic acid groups (broad SMARTS) is 1. The number of hydrogen-bond donors (Lipinski definition) is 1. The molecule has 0 radical (unpaired) electrons. The second-order valence-corrected chi connectivity index (χ2v) is 6.12. The van der Waals surface area contributed by atoms with E-state index in [0.29, 0.717) is 0 Å². The minimum atomic E-state index is -0.710. The highest BCUT2D eigenvalue weighted by Gasteiger charge is 2.31. The molecule has 2 fully saturated rings. The van der Waals surface area contributed by atoms with Crippen LogP contribution in [-0.4, -0.2) is 70.6 Å². The molecule has 2 heterocycles. The van der Waals surface area contributed by atoms with Gasteiger partial charge in [0, 0.05) is 37.5 Å². The van der Waals surface area contributed by atoms with Crippen LogP contribution < -0.4 is 0 Å². The summed E-state index contributed by atoms with van der Waals surface area (Å²) in [6, 6.07) is 0.719. The lowest BCUT2D eigenvalue weighted by Crippen LogP contribution is -2.52. The number of carboxylic acids is 1. The lowest BCUT2D eigenvalue weighted by molar-refractivity contribution is -0.138. The van der Waals surface area contributed by atoms with E-state index >= 15 is 0 Å². The van der Waals surface area contributed by atoms with Crippen LogP contribution in [0.5, 0.6) is 0 Å². The zero-order valence-corrected chi connectivity index (χ0v) is 10.6. The molecular formula is C11H20N2O2S. The zero-order chi connectivity index (χ0) is 11.5. The third-order valence-electron chi connectivity index (χ3n) is 3.57. The lowest BCUT2D eigenvalue weighted by atomic mass is 10.1. The number of carbonyl (C=O) groups is 1. The van der Waals surface area contributed by atoms with Crippen LogP contribution in [0.1, 0.15) is 13.3 Å². The van der Waals surface area contributed by atoms with Gasteiger partial charge in [-0.15, -0.1) is 0 Å². The Balaban J connectivity index is 1.78. The summed E-state index contributed by atoms with van der Waals surface area (Å²) >= 11 is 2.06. The third-order valence-corrected chi connectivity index (χ3v) is 4.88. The van der Waals surface area contributed by atoms with Crippen molar-refractivity contribution in [3.63, 3.8) is 0 Å². The summed E-state index contributed by atoms with van der Waals surface area (Å²) in [4.78, 5) is 15.2. The molecule has 2 saturated heterocycles. The molecule has 0 saturated carbocycles. The molecule has 0 aromatic carbocycles. The summed E-state index contributed by atoms with van der Waals surface area (Å²) < 4.78 is 0. The lowest BCUT2D eigenvalue weighted by Gasteiger charge is -2.38. The van der Waals surface area contributed by atoms with Crippen LogP contribution in [0.2, 0.25) is 0 Å². The summed E-state index contributed by atoms with van der Waals surface area (Å²) in [5, 5.41) is 9.47. The first-order chi connectivity index (χ1) is 7.66. The minimum absolute atomic E-state index is 0.197. The molecule has 5 heteroatoms. The van der Waals surface area contributed by atoms with E-state index in [2.05, 4.69) is 23.6 Å². The van der Waals surface area contributed by atoms with Gasteiger partial charge >= 0.3 is 5.97 Å². The summed E-state index contributed by atoms with van der Waals surface area (Å²) in [7, 11) is 0. The Kier molecular flexibility index (Phi) is 4.10. The molecule has 0 spiro atoms. The molecule has 0 aromatic rings. The summed E-state index contributed by atoms with van der Waals surface area (Å²) in [5.74, 6) is 0.569. The van der Waals surface area contributed by atoms with Gasteiger partial charge in [0.2, 0.25) is 0 Å². The van der Waals surface area contributed by atoms with Gasteiger partial charge in [-0.1, -0.05) is 6.92 Å². The maximum atomic E-state index is 10.6. The Hall–Kier alpha value is -0.260. The molecule has 2 rings (SSSR count). The van der Waals surface area contributed by atoms with Crippen molar-refractivity contribution < 1.29 is 9.90 Å². The first-order valence-electron chi connectivity index (χ1n) is 5.96. The summed E-state index contributed by atoms with van der Waals surface area (Å²) in [6.45, 7) is 6.38. The highest BCUT2D eigenvalue weighted by Crippen LogP contribution is 2.30. The fourth-order valence-electron chi connectivity index (χ4n) is 2.64. The van der Waals surface area contributed by atoms with Crippen LogP contribution in [0.25, 0.3) is 0 Å². The second-order valence-electron chi connectivity index (χ2n) is 4.64. The van der Waals surface area contributed by atoms with Crippen molar-refractivity contribution in [2.45, 2.75) is 24.6 Å². The smallest absolute Gasteiger partial charge is 0.317 e. The number of aliphatic carboxylic acids is 1. The molecule has 2 unspecified atom stereocenters. The minimum Gasteiger partial charge on any atom is -0.480 e. The Morgan fingerprint density at radius 3 is 2.56 bits per heavy atom. The molecule has 92 valence electrons. The van der Waals surface area contributed by atoms with E-state index in [1.807, 2.05) is 4.90 Å². The predicted molar refractivity (Wildman–Crippen MR) is 66.0 cm³/mol. The highest BCUT2D eigenvalue weighted by atomic mass is 32.2. The Morgan fingerprint density at radius 1 is 1.38 bits per heavy atom. The van der Waals surface area contributed by atoms with Gasteiger partial charge in [-0.25, -0.2) is 0 Å².